The summed E-state index contributed by atoms with van der Waals surface area (Å²) in [5.41, 5.74) is 0.995. The van der Waals surface area contributed by atoms with Crippen LogP contribution in [0.3, 0.4) is 0 Å². The number of hydrogen-bond acceptors (Lipinski definition) is 4. The van der Waals surface area contributed by atoms with Crippen LogP contribution < -0.4 is 10.0 Å². The van der Waals surface area contributed by atoms with Crippen LogP contribution in [-0.4, -0.2) is 34.7 Å². The normalized spacial score (nSPS) is 18.6. The van der Waals surface area contributed by atoms with Gasteiger partial charge >= 0.3 is 0 Å². The summed E-state index contributed by atoms with van der Waals surface area (Å²) in [6, 6.07) is 7.30. The van der Waals surface area contributed by atoms with Crippen LogP contribution in [-0.2, 0) is 14.8 Å². The molecule has 1 aliphatic heterocycles. The zero-order valence-corrected chi connectivity index (χ0v) is 13.4. The second-order valence-electron chi connectivity index (χ2n) is 5.33. The Labute approximate surface area is 127 Å². The molecule has 1 fully saturated rings. The van der Waals surface area contributed by atoms with E-state index in [0.29, 0.717) is 18.1 Å². The third-order valence-electron chi connectivity index (χ3n) is 3.87. The Morgan fingerprint density at radius 1 is 1.33 bits per heavy atom. The molecule has 118 valence electrons. The van der Waals surface area contributed by atoms with Gasteiger partial charge in [0.05, 0.1) is 4.90 Å². The Morgan fingerprint density at radius 3 is 2.67 bits per heavy atom. The standard InChI is InChI=1S/C15H24N2O3S/c1-3-15(16-2)12-5-4-6-14(11-12)21(18,19)17-13-7-9-20-10-8-13/h4-6,11,13,15-17H,3,7-10H2,1-2H3. The van der Waals surface area contributed by atoms with E-state index in [1.165, 1.54) is 0 Å². The molecule has 2 rings (SSSR count). The highest BCUT2D eigenvalue weighted by Gasteiger charge is 2.22. The number of benzene rings is 1. The number of hydrogen-bond donors (Lipinski definition) is 2. The van der Waals surface area contributed by atoms with Gasteiger partial charge in [-0.2, -0.15) is 0 Å². The van der Waals surface area contributed by atoms with Gasteiger partial charge in [0.1, 0.15) is 0 Å². The summed E-state index contributed by atoms with van der Waals surface area (Å²) in [7, 11) is -1.58. The summed E-state index contributed by atoms with van der Waals surface area (Å²) < 4.78 is 33.0. The van der Waals surface area contributed by atoms with E-state index in [1.54, 1.807) is 18.2 Å². The zero-order chi connectivity index (χ0) is 15.3. The maximum Gasteiger partial charge on any atom is 0.240 e. The van der Waals surface area contributed by atoms with Crippen LogP contribution in [0.1, 0.15) is 37.8 Å². The molecule has 1 aliphatic rings. The Bertz CT molecular complexity index is 550. The molecule has 1 heterocycles. The first-order valence-electron chi connectivity index (χ1n) is 7.44. The van der Waals surface area contributed by atoms with Crippen molar-refractivity contribution in [3.8, 4) is 0 Å². The summed E-state index contributed by atoms with van der Waals surface area (Å²) in [5.74, 6) is 0. The molecule has 0 saturated carbocycles. The number of nitrogens with one attached hydrogen (secondary N) is 2. The second-order valence-corrected chi connectivity index (χ2v) is 7.04. The van der Waals surface area contributed by atoms with Gasteiger partial charge in [0, 0.05) is 25.3 Å². The highest BCUT2D eigenvalue weighted by Crippen LogP contribution is 2.20. The lowest BCUT2D eigenvalue weighted by molar-refractivity contribution is 0.0832. The molecule has 0 aromatic heterocycles. The van der Waals surface area contributed by atoms with Crippen molar-refractivity contribution in [2.24, 2.45) is 0 Å². The van der Waals surface area contributed by atoms with Gasteiger partial charge in [-0.3, -0.25) is 0 Å². The van der Waals surface area contributed by atoms with Gasteiger partial charge in [-0.15, -0.1) is 0 Å². The van der Waals surface area contributed by atoms with Crippen molar-refractivity contribution in [2.75, 3.05) is 20.3 Å². The topological polar surface area (TPSA) is 67.4 Å². The Morgan fingerprint density at radius 2 is 2.05 bits per heavy atom. The predicted molar refractivity (Wildman–Crippen MR) is 82.7 cm³/mol. The molecule has 0 radical (unpaired) electrons. The van der Waals surface area contributed by atoms with E-state index < -0.39 is 10.0 Å². The summed E-state index contributed by atoms with van der Waals surface area (Å²) in [4.78, 5) is 0.334. The molecule has 1 saturated heterocycles. The molecule has 0 aliphatic carbocycles. The lowest BCUT2D eigenvalue weighted by atomic mass is 10.1. The minimum absolute atomic E-state index is 0.0290. The van der Waals surface area contributed by atoms with E-state index in [9.17, 15) is 8.42 Å². The molecule has 21 heavy (non-hydrogen) atoms. The Balaban J connectivity index is 2.17. The van der Waals surface area contributed by atoms with Crippen LogP contribution in [0.15, 0.2) is 29.2 Å². The molecule has 5 nitrogen and oxygen atoms in total. The molecule has 1 aromatic carbocycles. The summed E-state index contributed by atoms with van der Waals surface area (Å²) in [6.45, 7) is 3.30. The lowest BCUT2D eigenvalue weighted by Gasteiger charge is -2.23. The van der Waals surface area contributed by atoms with Crippen molar-refractivity contribution >= 4 is 10.0 Å². The first-order chi connectivity index (χ1) is 10.1. The van der Waals surface area contributed by atoms with Gasteiger partial charge in [-0.25, -0.2) is 13.1 Å². The molecule has 0 spiro atoms. The van der Waals surface area contributed by atoms with E-state index in [1.807, 2.05) is 13.1 Å². The highest BCUT2D eigenvalue weighted by atomic mass is 32.2. The van der Waals surface area contributed by atoms with Crippen molar-refractivity contribution in [1.82, 2.24) is 10.0 Å². The van der Waals surface area contributed by atoms with Gasteiger partial charge in [0.2, 0.25) is 10.0 Å². The van der Waals surface area contributed by atoms with Crippen LogP contribution in [0, 0.1) is 0 Å². The van der Waals surface area contributed by atoms with E-state index in [4.69, 9.17) is 4.74 Å². The monoisotopic (exact) mass is 312 g/mol. The SMILES string of the molecule is CCC(NC)c1cccc(S(=O)(=O)NC2CCOCC2)c1. The summed E-state index contributed by atoms with van der Waals surface area (Å²) >= 11 is 0. The highest BCUT2D eigenvalue weighted by molar-refractivity contribution is 7.89. The fraction of sp³-hybridized carbons (Fsp3) is 0.600. The van der Waals surface area contributed by atoms with Crippen molar-refractivity contribution < 1.29 is 13.2 Å². The molecule has 2 N–H and O–H groups in total. The maximum atomic E-state index is 12.5. The first-order valence-corrected chi connectivity index (χ1v) is 8.92. The van der Waals surface area contributed by atoms with Crippen molar-refractivity contribution in [2.45, 2.75) is 43.2 Å². The number of sulfonamides is 1. The number of ether oxygens (including phenoxy) is 1. The molecule has 6 heteroatoms. The maximum absolute atomic E-state index is 12.5. The fourth-order valence-corrected chi connectivity index (χ4v) is 3.97. The summed E-state index contributed by atoms with van der Waals surface area (Å²) in [5, 5.41) is 3.20. The van der Waals surface area contributed by atoms with Crippen LogP contribution in [0.2, 0.25) is 0 Å². The van der Waals surface area contributed by atoms with Crippen molar-refractivity contribution in [1.29, 1.82) is 0 Å². The predicted octanol–water partition coefficient (Wildman–Crippen LogP) is 1.81. The van der Waals surface area contributed by atoms with Gasteiger partial charge in [0.25, 0.3) is 0 Å². The lowest BCUT2D eigenvalue weighted by Crippen LogP contribution is -2.38. The van der Waals surface area contributed by atoms with Crippen LogP contribution in [0.5, 0.6) is 0 Å². The van der Waals surface area contributed by atoms with Crippen LogP contribution in [0.25, 0.3) is 0 Å². The van der Waals surface area contributed by atoms with Gasteiger partial charge in [-0.05, 0) is 44.0 Å². The molecular formula is C15H24N2O3S. The van der Waals surface area contributed by atoms with Gasteiger partial charge in [-0.1, -0.05) is 19.1 Å². The van der Waals surface area contributed by atoms with Crippen LogP contribution in [0.4, 0.5) is 0 Å². The third kappa shape index (κ3) is 4.26. The number of rotatable bonds is 6. The minimum atomic E-state index is -3.47. The molecule has 1 unspecified atom stereocenters. The zero-order valence-electron chi connectivity index (χ0n) is 12.6. The van der Waals surface area contributed by atoms with Crippen LogP contribution >= 0.6 is 0 Å². The van der Waals surface area contributed by atoms with E-state index in [-0.39, 0.29) is 12.1 Å². The fourth-order valence-electron chi connectivity index (χ4n) is 2.61. The largest absolute Gasteiger partial charge is 0.381 e. The van der Waals surface area contributed by atoms with E-state index in [2.05, 4.69) is 17.0 Å². The molecule has 0 bridgehead atoms. The van der Waals surface area contributed by atoms with Gasteiger partial charge < -0.3 is 10.1 Å². The average Bonchev–Trinajstić information content (AvgIpc) is 2.49. The molecule has 1 aromatic rings. The quantitative estimate of drug-likeness (QED) is 0.841. The molecule has 0 amide bonds. The average molecular weight is 312 g/mol. The molecule has 1 atom stereocenters. The van der Waals surface area contributed by atoms with Crippen molar-refractivity contribution in [3.63, 3.8) is 0 Å². The van der Waals surface area contributed by atoms with E-state index in [0.717, 1.165) is 24.8 Å². The molecular weight excluding hydrogens is 288 g/mol. The summed E-state index contributed by atoms with van der Waals surface area (Å²) in [6.07, 6.45) is 2.37. The smallest absolute Gasteiger partial charge is 0.240 e. The minimum Gasteiger partial charge on any atom is -0.381 e. The second kappa shape index (κ2) is 7.35. The Kier molecular flexibility index (Phi) is 5.75. The first kappa shape index (κ1) is 16.4. The van der Waals surface area contributed by atoms with Crippen molar-refractivity contribution in [3.05, 3.63) is 29.8 Å². The van der Waals surface area contributed by atoms with E-state index >= 15 is 0 Å². The third-order valence-corrected chi connectivity index (χ3v) is 5.39. The van der Waals surface area contributed by atoms with Gasteiger partial charge in [0.15, 0.2) is 0 Å². The Hall–Kier alpha value is -0.950.